The van der Waals surface area contributed by atoms with Crippen LogP contribution in [0, 0.1) is 12.7 Å². The van der Waals surface area contributed by atoms with E-state index in [1.54, 1.807) is 55.5 Å². The van der Waals surface area contributed by atoms with Gasteiger partial charge < -0.3 is 10.2 Å². The highest BCUT2D eigenvalue weighted by atomic mass is 79.9. The number of rotatable bonds is 10. The molecule has 0 aliphatic rings. The highest BCUT2D eigenvalue weighted by Crippen LogP contribution is 2.27. The summed E-state index contributed by atoms with van der Waals surface area (Å²) in [6.45, 7) is 8.60. The summed E-state index contributed by atoms with van der Waals surface area (Å²) in [7, 11) is -4.16. The van der Waals surface area contributed by atoms with Crippen LogP contribution in [0.1, 0.15) is 45.2 Å². The third kappa shape index (κ3) is 8.14. The molecular formula is C30H35BrFN3O4S. The molecular weight excluding hydrogens is 597 g/mol. The van der Waals surface area contributed by atoms with Crippen LogP contribution < -0.4 is 9.62 Å². The molecule has 0 radical (unpaired) electrons. The van der Waals surface area contributed by atoms with Gasteiger partial charge in [-0.2, -0.15) is 0 Å². The third-order valence-electron chi connectivity index (χ3n) is 6.13. The molecule has 0 fully saturated rings. The number of sulfonamides is 1. The van der Waals surface area contributed by atoms with Crippen LogP contribution in [-0.4, -0.2) is 43.3 Å². The van der Waals surface area contributed by atoms with Gasteiger partial charge in [-0.05, 0) is 82.1 Å². The van der Waals surface area contributed by atoms with Gasteiger partial charge in [0.2, 0.25) is 11.8 Å². The zero-order valence-electron chi connectivity index (χ0n) is 23.3. The molecule has 2 amide bonds. The van der Waals surface area contributed by atoms with Crippen LogP contribution in [-0.2, 0) is 26.2 Å². The zero-order chi connectivity index (χ0) is 29.7. The number of aryl methyl sites for hydroxylation is 1. The van der Waals surface area contributed by atoms with Crippen molar-refractivity contribution in [3.8, 4) is 0 Å². The van der Waals surface area contributed by atoms with Gasteiger partial charge in [-0.1, -0.05) is 58.7 Å². The topological polar surface area (TPSA) is 86.8 Å². The summed E-state index contributed by atoms with van der Waals surface area (Å²) in [6, 6.07) is 17.8. The first-order valence-corrected chi connectivity index (χ1v) is 15.2. The van der Waals surface area contributed by atoms with Crippen molar-refractivity contribution in [1.29, 1.82) is 0 Å². The molecule has 214 valence electrons. The van der Waals surface area contributed by atoms with E-state index in [2.05, 4.69) is 21.2 Å². The largest absolute Gasteiger partial charge is 0.350 e. The van der Waals surface area contributed by atoms with E-state index in [9.17, 15) is 22.4 Å². The fourth-order valence-electron chi connectivity index (χ4n) is 4.16. The standard InChI is InChI=1S/C30H35BrFN3O4S/c1-6-27(29(37)33-30(3,4)5)34(19-22-12-14-24(32)15-13-22)28(36)20-35(25-9-7-8-23(31)18-25)40(38,39)26-16-10-21(2)11-17-26/h7-18,27H,6,19-20H2,1-5H3,(H,33,37)/t27-/m0/s1. The van der Waals surface area contributed by atoms with E-state index in [1.807, 2.05) is 27.7 Å². The first kappa shape index (κ1) is 31.3. The molecule has 0 aliphatic heterocycles. The van der Waals surface area contributed by atoms with Crippen molar-refractivity contribution in [2.24, 2.45) is 0 Å². The van der Waals surface area contributed by atoms with Gasteiger partial charge >= 0.3 is 0 Å². The number of amides is 2. The van der Waals surface area contributed by atoms with Gasteiger partial charge in [-0.25, -0.2) is 12.8 Å². The molecule has 0 spiro atoms. The second kappa shape index (κ2) is 13.0. The number of anilines is 1. The van der Waals surface area contributed by atoms with E-state index in [0.717, 1.165) is 9.87 Å². The minimum Gasteiger partial charge on any atom is -0.350 e. The Bertz CT molecular complexity index is 1440. The summed E-state index contributed by atoms with van der Waals surface area (Å²) in [5, 5.41) is 2.92. The maximum atomic E-state index is 14.0. The molecule has 0 saturated carbocycles. The third-order valence-corrected chi connectivity index (χ3v) is 8.42. The molecule has 1 N–H and O–H groups in total. The Kier molecular flexibility index (Phi) is 10.1. The van der Waals surface area contributed by atoms with Crippen LogP contribution >= 0.6 is 15.9 Å². The first-order chi connectivity index (χ1) is 18.7. The maximum absolute atomic E-state index is 14.0. The summed E-state index contributed by atoms with van der Waals surface area (Å²) in [5.74, 6) is -1.36. The van der Waals surface area contributed by atoms with Crippen LogP contribution in [0.2, 0.25) is 0 Å². The smallest absolute Gasteiger partial charge is 0.264 e. The monoisotopic (exact) mass is 631 g/mol. The van der Waals surface area contributed by atoms with E-state index in [4.69, 9.17) is 0 Å². The van der Waals surface area contributed by atoms with Gasteiger partial charge in [0, 0.05) is 16.6 Å². The number of benzene rings is 3. The molecule has 0 heterocycles. The van der Waals surface area contributed by atoms with Crippen LogP contribution in [0.3, 0.4) is 0 Å². The number of carbonyl (C=O) groups is 2. The summed E-state index contributed by atoms with van der Waals surface area (Å²) < 4.78 is 43.1. The van der Waals surface area contributed by atoms with Gasteiger partial charge in [-0.3, -0.25) is 13.9 Å². The van der Waals surface area contributed by atoms with Crippen molar-refractivity contribution in [3.63, 3.8) is 0 Å². The molecule has 0 unspecified atom stereocenters. The minimum atomic E-state index is -4.16. The average molecular weight is 633 g/mol. The van der Waals surface area contributed by atoms with Gasteiger partial charge in [0.15, 0.2) is 0 Å². The van der Waals surface area contributed by atoms with Gasteiger partial charge in [0.05, 0.1) is 10.6 Å². The number of hydrogen-bond acceptors (Lipinski definition) is 4. The van der Waals surface area contributed by atoms with E-state index >= 15 is 0 Å². The molecule has 0 bridgehead atoms. The van der Waals surface area contributed by atoms with Crippen LogP contribution in [0.15, 0.2) is 82.2 Å². The molecule has 0 saturated heterocycles. The van der Waals surface area contributed by atoms with Gasteiger partial charge in [0.25, 0.3) is 10.0 Å². The predicted molar refractivity (Wildman–Crippen MR) is 159 cm³/mol. The molecule has 10 heteroatoms. The average Bonchev–Trinajstić information content (AvgIpc) is 2.87. The normalized spacial score (nSPS) is 12.5. The van der Waals surface area contributed by atoms with Crippen molar-refractivity contribution in [2.75, 3.05) is 10.8 Å². The quantitative estimate of drug-likeness (QED) is 0.306. The highest BCUT2D eigenvalue weighted by Gasteiger charge is 2.34. The Hall–Kier alpha value is -3.24. The lowest BCUT2D eigenvalue weighted by Crippen LogP contribution is -2.55. The van der Waals surface area contributed by atoms with E-state index in [1.165, 1.54) is 29.2 Å². The Morgan fingerprint density at radius 1 is 1.00 bits per heavy atom. The summed E-state index contributed by atoms with van der Waals surface area (Å²) in [4.78, 5) is 28.8. The molecule has 0 aromatic heterocycles. The lowest BCUT2D eigenvalue weighted by Gasteiger charge is -2.34. The fourth-order valence-corrected chi connectivity index (χ4v) is 5.95. The zero-order valence-corrected chi connectivity index (χ0v) is 25.7. The molecule has 1 atom stereocenters. The van der Waals surface area contributed by atoms with Crippen LogP contribution in [0.4, 0.5) is 10.1 Å². The lowest BCUT2D eigenvalue weighted by molar-refractivity contribution is -0.141. The summed E-state index contributed by atoms with van der Waals surface area (Å²) in [5.41, 5.74) is 1.24. The SMILES string of the molecule is CC[C@@H](C(=O)NC(C)(C)C)N(Cc1ccc(F)cc1)C(=O)CN(c1cccc(Br)c1)S(=O)(=O)c1ccc(C)cc1. The minimum absolute atomic E-state index is 0.00785. The molecule has 3 aromatic carbocycles. The molecule has 7 nitrogen and oxygen atoms in total. The second-order valence-corrected chi connectivity index (χ2v) is 13.4. The lowest BCUT2D eigenvalue weighted by atomic mass is 10.1. The van der Waals surface area contributed by atoms with Crippen molar-refractivity contribution < 1.29 is 22.4 Å². The van der Waals surface area contributed by atoms with Crippen molar-refractivity contribution in [1.82, 2.24) is 10.2 Å². The van der Waals surface area contributed by atoms with Crippen molar-refractivity contribution in [2.45, 2.75) is 64.1 Å². The number of halogens is 2. The van der Waals surface area contributed by atoms with Gasteiger partial charge in [0.1, 0.15) is 18.4 Å². The van der Waals surface area contributed by atoms with Crippen LogP contribution in [0.5, 0.6) is 0 Å². The fraction of sp³-hybridized carbons (Fsp3) is 0.333. The van der Waals surface area contributed by atoms with E-state index in [-0.39, 0.29) is 29.5 Å². The number of nitrogens with zero attached hydrogens (tertiary/aromatic N) is 2. The predicted octanol–water partition coefficient (Wildman–Crippen LogP) is 5.81. The first-order valence-electron chi connectivity index (χ1n) is 12.9. The molecule has 40 heavy (non-hydrogen) atoms. The van der Waals surface area contributed by atoms with Crippen molar-refractivity contribution in [3.05, 3.63) is 94.2 Å². The Labute approximate surface area is 244 Å². The van der Waals surface area contributed by atoms with Gasteiger partial charge in [-0.15, -0.1) is 0 Å². The summed E-state index contributed by atoms with van der Waals surface area (Å²) >= 11 is 3.39. The molecule has 3 rings (SSSR count). The maximum Gasteiger partial charge on any atom is 0.264 e. The van der Waals surface area contributed by atoms with Crippen molar-refractivity contribution >= 4 is 43.5 Å². The Morgan fingerprint density at radius 2 is 1.62 bits per heavy atom. The number of hydrogen-bond donors (Lipinski definition) is 1. The highest BCUT2D eigenvalue weighted by molar-refractivity contribution is 9.10. The van der Waals surface area contributed by atoms with Crippen LogP contribution in [0.25, 0.3) is 0 Å². The molecule has 0 aliphatic carbocycles. The summed E-state index contributed by atoms with van der Waals surface area (Å²) in [6.07, 6.45) is 0.288. The van der Waals surface area contributed by atoms with E-state index in [0.29, 0.717) is 10.0 Å². The Morgan fingerprint density at radius 3 is 2.17 bits per heavy atom. The number of carbonyl (C=O) groups excluding carboxylic acids is 2. The molecule has 3 aromatic rings. The Balaban J connectivity index is 2.07. The second-order valence-electron chi connectivity index (χ2n) is 10.6. The number of nitrogens with one attached hydrogen (secondary N) is 1. The van der Waals surface area contributed by atoms with E-state index < -0.39 is 39.9 Å².